The minimum atomic E-state index is -0.194. The highest BCUT2D eigenvalue weighted by molar-refractivity contribution is 5.91. The zero-order valence-electron chi connectivity index (χ0n) is 15.4. The van der Waals surface area contributed by atoms with Crippen molar-refractivity contribution in [3.05, 3.63) is 59.7 Å². The summed E-state index contributed by atoms with van der Waals surface area (Å²) in [7, 11) is 5.52. The Morgan fingerprint density at radius 2 is 1.81 bits per heavy atom. The molecule has 0 aliphatic carbocycles. The van der Waals surface area contributed by atoms with E-state index < -0.39 is 0 Å². The number of rotatable bonds is 7. The Morgan fingerprint density at radius 1 is 1.12 bits per heavy atom. The number of urea groups is 1. The fourth-order valence-corrected chi connectivity index (χ4v) is 2.42. The van der Waals surface area contributed by atoms with Crippen molar-refractivity contribution >= 4 is 11.7 Å². The number of methoxy groups -OCH3 is 1. The number of carbonyl (C=O) groups is 1. The summed E-state index contributed by atoms with van der Waals surface area (Å²) in [5.41, 5.74) is 2.21. The average Bonchev–Trinajstić information content (AvgIpc) is 2.65. The van der Waals surface area contributed by atoms with Crippen molar-refractivity contribution in [1.82, 2.24) is 9.80 Å². The molecule has 1 N–H and O–H groups in total. The predicted molar refractivity (Wildman–Crippen MR) is 102 cm³/mol. The smallest absolute Gasteiger partial charge is 0.322 e. The zero-order chi connectivity index (χ0) is 18.9. The quantitative estimate of drug-likeness (QED) is 0.831. The standard InChI is InChI=1S/C20H24N4O2/c1-23(2)12-13-24(15-17-10-8-16(14-21)9-11-17)20(25)22-18-6-4-5-7-19(18)26-3/h4-11H,12-13,15H2,1-3H3,(H,22,25). The van der Waals surface area contributed by atoms with E-state index in [1.807, 2.05) is 49.3 Å². The van der Waals surface area contributed by atoms with Gasteiger partial charge in [0, 0.05) is 19.6 Å². The number of anilines is 1. The molecule has 0 atom stereocenters. The summed E-state index contributed by atoms with van der Waals surface area (Å²) in [4.78, 5) is 16.6. The van der Waals surface area contributed by atoms with Gasteiger partial charge in [-0.3, -0.25) is 0 Å². The third kappa shape index (κ3) is 5.50. The molecule has 6 nitrogen and oxygen atoms in total. The minimum absolute atomic E-state index is 0.194. The second-order valence-electron chi connectivity index (χ2n) is 6.16. The number of benzene rings is 2. The molecule has 0 bridgehead atoms. The lowest BCUT2D eigenvalue weighted by atomic mass is 10.1. The van der Waals surface area contributed by atoms with Crippen molar-refractivity contribution in [2.75, 3.05) is 39.6 Å². The van der Waals surface area contributed by atoms with Gasteiger partial charge in [0.25, 0.3) is 0 Å². The van der Waals surface area contributed by atoms with Gasteiger partial charge < -0.3 is 19.9 Å². The largest absolute Gasteiger partial charge is 0.495 e. The van der Waals surface area contributed by atoms with E-state index >= 15 is 0 Å². The zero-order valence-corrected chi connectivity index (χ0v) is 15.4. The van der Waals surface area contributed by atoms with E-state index in [1.165, 1.54) is 0 Å². The van der Waals surface area contributed by atoms with Gasteiger partial charge in [0.2, 0.25) is 0 Å². The normalized spacial score (nSPS) is 10.3. The van der Waals surface area contributed by atoms with E-state index in [2.05, 4.69) is 11.4 Å². The van der Waals surface area contributed by atoms with Crippen LogP contribution in [0.2, 0.25) is 0 Å². The number of hydrogen-bond acceptors (Lipinski definition) is 4. The van der Waals surface area contributed by atoms with Crippen LogP contribution in [-0.2, 0) is 6.54 Å². The molecule has 0 aromatic heterocycles. The summed E-state index contributed by atoms with van der Waals surface area (Å²) in [6.45, 7) is 1.78. The first kappa shape index (κ1) is 19.3. The number of ether oxygens (including phenoxy) is 1. The highest BCUT2D eigenvalue weighted by Crippen LogP contribution is 2.23. The minimum Gasteiger partial charge on any atom is -0.495 e. The van der Waals surface area contributed by atoms with Crippen molar-refractivity contribution in [2.24, 2.45) is 0 Å². The van der Waals surface area contributed by atoms with Crippen molar-refractivity contribution in [3.63, 3.8) is 0 Å². The molecule has 0 radical (unpaired) electrons. The highest BCUT2D eigenvalue weighted by Gasteiger charge is 2.16. The summed E-state index contributed by atoms with van der Waals surface area (Å²) < 4.78 is 5.30. The van der Waals surface area contributed by atoms with Gasteiger partial charge in [0.15, 0.2) is 0 Å². The molecule has 0 unspecified atom stereocenters. The molecule has 0 saturated heterocycles. The Morgan fingerprint density at radius 3 is 2.42 bits per heavy atom. The first-order chi connectivity index (χ1) is 12.5. The molecule has 2 aromatic rings. The van der Waals surface area contributed by atoms with Crippen LogP contribution < -0.4 is 10.1 Å². The molecule has 0 saturated carbocycles. The Kier molecular flexibility index (Phi) is 7.01. The number of nitriles is 1. The molecule has 2 amide bonds. The van der Waals surface area contributed by atoms with Gasteiger partial charge in [0.1, 0.15) is 5.75 Å². The van der Waals surface area contributed by atoms with E-state index in [9.17, 15) is 4.79 Å². The fourth-order valence-electron chi connectivity index (χ4n) is 2.42. The summed E-state index contributed by atoms with van der Waals surface area (Å²) in [6, 6.07) is 16.5. The predicted octanol–water partition coefficient (Wildman–Crippen LogP) is 3.16. The van der Waals surface area contributed by atoms with Gasteiger partial charge in [-0.2, -0.15) is 5.26 Å². The number of nitrogens with zero attached hydrogens (tertiary/aromatic N) is 3. The lowest BCUT2D eigenvalue weighted by Gasteiger charge is -2.25. The molecule has 0 aliphatic rings. The Balaban J connectivity index is 2.14. The van der Waals surface area contributed by atoms with Crippen LogP contribution in [0.4, 0.5) is 10.5 Å². The molecule has 0 heterocycles. The number of hydrogen-bond donors (Lipinski definition) is 1. The Bertz CT molecular complexity index is 766. The summed E-state index contributed by atoms with van der Waals surface area (Å²) in [6.07, 6.45) is 0. The van der Waals surface area contributed by atoms with Crippen LogP contribution >= 0.6 is 0 Å². The van der Waals surface area contributed by atoms with Crippen molar-refractivity contribution in [3.8, 4) is 11.8 Å². The van der Waals surface area contributed by atoms with Crippen LogP contribution in [0.3, 0.4) is 0 Å². The number of nitrogens with one attached hydrogen (secondary N) is 1. The summed E-state index contributed by atoms with van der Waals surface area (Å²) in [5, 5.41) is 11.8. The second kappa shape index (κ2) is 9.44. The molecule has 26 heavy (non-hydrogen) atoms. The van der Waals surface area contributed by atoms with Gasteiger partial charge >= 0.3 is 6.03 Å². The number of para-hydroxylation sites is 2. The van der Waals surface area contributed by atoms with E-state index in [-0.39, 0.29) is 6.03 Å². The second-order valence-corrected chi connectivity index (χ2v) is 6.16. The molecule has 6 heteroatoms. The van der Waals surface area contributed by atoms with E-state index in [1.54, 1.807) is 30.2 Å². The molecule has 2 aromatic carbocycles. The molecule has 0 fully saturated rings. The van der Waals surface area contributed by atoms with Gasteiger partial charge in [-0.1, -0.05) is 24.3 Å². The third-order valence-corrected chi connectivity index (χ3v) is 3.91. The number of amides is 2. The van der Waals surface area contributed by atoms with E-state index in [4.69, 9.17) is 10.00 Å². The van der Waals surface area contributed by atoms with Gasteiger partial charge in [0.05, 0.1) is 24.4 Å². The number of likely N-dealkylation sites (N-methyl/N-ethyl adjacent to an activating group) is 1. The maximum atomic E-state index is 12.8. The van der Waals surface area contributed by atoms with Gasteiger partial charge in [-0.15, -0.1) is 0 Å². The van der Waals surface area contributed by atoms with Crippen LogP contribution in [0.15, 0.2) is 48.5 Å². The molecular formula is C20H24N4O2. The topological polar surface area (TPSA) is 68.6 Å². The van der Waals surface area contributed by atoms with Crippen LogP contribution in [0.5, 0.6) is 5.75 Å². The van der Waals surface area contributed by atoms with E-state index in [0.717, 1.165) is 12.1 Å². The molecular weight excluding hydrogens is 328 g/mol. The molecule has 2 rings (SSSR count). The van der Waals surface area contributed by atoms with Crippen LogP contribution in [0.1, 0.15) is 11.1 Å². The fraction of sp³-hybridized carbons (Fsp3) is 0.300. The third-order valence-electron chi connectivity index (χ3n) is 3.91. The van der Waals surface area contributed by atoms with Crippen molar-refractivity contribution < 1.29 is 9.53 Å². The lowest BCUT2D eigenvalue weighted by Crippen LogP contribution is -2.39. The van der Waals surface area contributed by atoms with Crippen molar-refractivity contribution in [1.29, 1.82) is 5.26 Å². The number of carbonyl (C=O) groups excluding carboxylic acids is 1. The maximum Gasteiger partial charge on any atom is 0.322 e. The first-order valence-corrected chi connectivity index (χ1v) is 8.36. The SMILES string of the molecule is COc1ccccc1NC(=O)N(CCN(C)C)Cc1ccc(C#N)cc1. The summed E-state index contributed by atoms with van der Waals surface area (Å²) in [5.74, 6) is 0.617. The van der Waals surface area contributed by atoms with Crippen LogP contribution in [-0.4, -0.2) is 50.1 Å². The monoisotopic (exact) mass is 352 g/mol. The van der Waals surface area contributed by atoms with Crippen molar-refractivity contribution in [2.45, 2.75) is 6.54 Å². The van der Waals surface area contributed by atoms with Gasteiger partial charge in [-0.05, 0) is 43.9 Å². The first-order valence-electron chi connectivity index (χ1n) is 8.36. The molecule has 136 valence electrons. The van der Waals surface area contributed by atoms with Crippen LogP contribution in [0, 0.1) is 11.3 Å². The summed E-state index contributed by atoms with van der Waals surface area (Å²) >= 11 is 0. The average molecular weight is 352 g/mol. The maximum absolute atomic E-state index is 12.8. The molecule has 0 spiro atoms. The lowest BCUT2D eigenvalue weighted by molar-refractivity contribution is 0.202. The highest BCUT2D eigenvalue weighted by atomic mass is 16.5. The van der Waals surface area contributed by atoms with E-state index in [0.29, 0.717) is 30.1 Å². The van der Waals surface area contributed by atoms with Crippen LogP contribution in [0.25, 0.3) is 0 Å². The molecule has 0 aliphatic heterocycles. The Labute approximate surface area is 154 Å². The van der Waals surface area contributed by atoms with Gasteiger partial charge in [-0.25, -0.2) is 4.79 Å². The Hall–Kier alpha value is -3.04.